The van der Waals surface area contributed by atoms with Crippen LogP contribution < -0.4 is 15.4 Å². The Bertz CT molecular complexity index is 1370. The summed E-state index contributed by atoms with van der Waals surface area (Å²) in [5.74, 6) is 0.989. The van der Waals surface area contributed by atoms with Crippen LogP contribution in [0.25, 0.3) is 22.3 Å². The zero-order valence-electron chi connectivity index (χ0n) is 22.5. The van der Waals surface area contributed by atoms with E-state index in [2.05, 4.69) is 32.5 Å². The SMILES string of the molecule is CCC(=O)N[C@H]1CC[C@@H](NC(=O)c2c(C)[nH]c3c(-c4cc(C(F)F)ccc4OCC4CC4)ncnc23)C[C@H]1C. The van der Waals surface area contributed by atoms with Crippen molar-refractivity contribution in [3.8, 4) is 17.0 Å². The molecule has 0 aliphatic heterocycles. The molecule has 2 amide bonds. The van der Waals surface area contributed by atoms with Gasteiger partial charge in [-0.25, -0.2) is 18.7 Å². The number of H-pyrrole nitrogens is 1. The zero-order valence-corrected chi connectivity index (χ0v) is 22.5. The molecule has 2 aliphatic carbocycles. The van der Waals surface area contributed by atoms with Gasteiger partial charge in [0.2, 0.25) is 5.91 Å². The molecule has 3 N–H and O–H groups in total. The Morgan fingerprint density at radius 1 is 1.15 bits per heavy atom. The number of aryl methyl sites for hydroxylation is 1. The number of benzene rings is 1. The first-order valence-corrected chi connectivity index (χ1v) is 13.7. The molecule has 8 nitrogen and oxygen atoms in total. The van der Waals surface area contributed by atoms with Gasteiger partial charge in [-0.1, -0.05) is 13.8 Å². The molecule has 3 aromatic rings. The van der Waals surface area contributed by atoms with Gasteiger partial charge in [-0.05, 0) is 69.1 Å². The Labute approximate surface area is 226 Å². The van der Waals surface area contributed by atoms with Crippen molar-refractivity contribution in [3.63, 3.8) is 0 Å². The van der Waals surface area contributed by atoms with E-state index in [0.29, 0.717) is 58.2 Å². The molecular weight excluding hydrogens is 504 g/mol. The molecule has 2 heterocycles. The van der Waals surface area contributed by atoms with Crippen LogP contribution in [0, 0.1) is 18.8 Å². The van der Waals surface area contributed by atoms with Crippen LogP contribution in [0.1, 0.15) is 80.4 Å². The molecule has 0 saturated heterocycles. The molecule has 2 saturated carbocycles. The first kappa shape index (κ1) is 27.0. The second kappa shape index (κ2) is 11.3. The van der Waals surface area contributed by atoms with Gasteiger partial charge in [0, 0.05) is 35.3 Å². The second-order valence-electron chi connectivity index (χ2n) is 10.9. The van der Waals surface area contributed by atoms with E-state index in [1.54, 1.807) is 13.0 Å². The van der Waals surface area contributed by atoms with Crippen molar-refractivity contribution in [1.82, 2.24) is 25.6 Å². The molecule has 1 aromatic carbocycles. The number of carbonyl (C=O) groups is 2. The summed E-state index contributed by atoms with van der Waals surface area (Å²) in [6.45, 7) is 6.24. The molecular formula is C29H35F2N5O3. The molecule has 3 atom stereocenters. The van der Waals surface area contributed by atoms with Crippen molar-refractivity contribution in [3.05, 3.63) is 41.3 Å². The van der Waals surface area contributed by atoms with Crippen molar-refractivity contribution in [2.45, 2.75) is 77.8 Å². The third-order valence-corrected chi connectivity index (χ3v) is 7.85. The van der Waals surface area contributed by atoms with E-state index < -0.39 is 6.43 Å². The van der Waals surface area contributed by atoms with Crippen LogP contribution in [-0.4, -0.2) is 45.5 Å². The fourth-order valence-corrected chi connectivity index (χ4v) is 5.40. The number of amides is 2. The van der Waals surface area contributed by atoms with E-state index in [1.807, 2.05) is 6.92 Å². The smallest absolute Gasteiger partial charge is 0.263 e. The quantitative estimate of drug-likeness (QED) is 0.334. The molecule has 2 fully saturated rings. The highest BCUT2D eigenvalue weighted by atomic mass is 19.3. The van der Waals surface area contributed by atoms with E-state index in [9.17, 15) is 18.4 Å². The standard InChI is InChI=1S/C29H35F2N5O3/c1-4-23(37)36-21-9-8-19(11-15(21)2)35-29(38)24-16(3)34-27-25(32-14-33-26(24)27)20-12-18(28(30)31)7-10-22(20)39-13-17-5-6-17/h7,10,12,14-15,17,19,21,28,34H,4-6,8-9,11,13H2,1-3H3,(H,35,38)(H,36,37)/t15-,19-,21+/m1/s1. The van der Waals surface area contributed by atoms with Gasteiger partial charge in [-0.3, -0.25) is 9.59 Å². The molecule has 2 aliphatic rings. The van der Waals surface area contributed by atoms with Crippen molar-refractivity contribution in [1.29, 1.82) is 0 Å². The van der Waals surface area contributed by atoms with E-state index >= 15 is 0 Å². The second-order valence-corrected chi connectivity index (χ2v) is 10.9. The molecule has 0 bridgehead atoms. The monoisotopic (exact) mass is 539 g/mol. The number of halogens is 2. The number of rotatable bonds is 9. The summed E-state index contributed by atoms with van der Waals surface area (Å²) in [4.78, 5) is 37.4. The van der Waals surface area contributed by atoms with Crippen LogP contribution >= 0.6 is 0 Å². The highest BCUT2D eigenvalue weighted by molar-refractivity contribution is 6.09. The maximum atomic E-state index is 13.6. The first-order valence-electron chi connectivity index (χ1n) is 13.7. The predicted molar refractivity (Wildman–Crippen MR) is 144 cm³/mol. The zero-order chi connectivity index (χ0) is 27.7. The lowest BCUT2D eigenvalue weighted by molar-refractivity contribution is -0.122. The number of aromatic nitrogens is 3. The minimum atomic E-state index is -2.64. The highest BCUT2D eigenvalue weighted by Crippen LogP contribution is 2.38. The largest absolute Gasteiger partial charge is 0.493 e. The molecule has 5 rings (SSSR count). The maximum Gasteiger partial charge on any atom is 0.263 e. The summed E-state index contributed by atoms with van der Waals surface area (Å²) in [5, 5.41) is 6.23. The van der Waals surface area contributed by atoms with Gasteiger partial charge < -0.3 is 20.4 Å². The number of nitrogens with one attached hydrogen (secondary N) is 3. The lowest BCUT2D eigenvalue weighted by atomic mass is 9.82. The summed E-state index contributed by atoms with van der Waals surface area (Å²) in [6.07, 6.45) is 3.67. The summed E-state index contributed by atoms with van der Waals surface area (Å²) in [5.41, 5.74) is 2.69. The van der Waals surface area contributed by atoms with Crippen molar-refractivity contribution in [2.24, 2.45) is 11.8 Å². The van der Waals surface area contributed by atoms with Crippen LogP contribution in [-0.2, 0) is 4.79 Å². The fraction of sp³-hybridized carbons (Fsp3) is 0.517. The number of ether oxygens (including phenoxy) is 1. The Balaban J connectivity index is 1.41. The Morgan fingerprint density at radius 2 is 1.95 bits per heavy atom. The van der Waals surface area contributed by atoms with E-state index in [1.165, 1.54) is 18.5 Å². The molecule has 208 valence electrons. The van der Waals surface area contributed by atoms with Gasteiger partial charge in [0.25, 0.3) is 12.3 Å². The van der Waals surface area contributed by atoms with Crippen LogP contribution in [0.4, 0.5) is 8.78 Å². The first-order chi connectivity index (χ1) is 18.7. The van der Waals surface area contributed by atoms with Crippen molar-refractivity contribution < 1.29 is 23.1 Å². The average molecular weight is 540 g/mol. The van der Waals surface area contributed by atoms with E-state index in [-0.39, 0.29) is 35.4 Å². The van der Waals surface area contributed by atoms with E-state index in [0.717, 1.165) is 32.1 Å². The topological polar surface area (TPSA) is 109 Å². The average Bonchev–Trinajstić information content (AvgIpc) is 3.68. The Morgan fingerprint density at radius 3 is 2.64 bits per heavy atom. The number of nitrogens with zero attached hydrogens (tertiary/aromatic N) is 2. The van der Waals surface area contributed by atoms with Crippen LogP contribution in [0.15, 0.2) is 24.5 Å². The normalized spacial score (nSPS) is 21.2. The minimum absolute atomic E-state index is 0.0295. The third kappa shape index (κ3) is 5.89. The van der Waals surface area contributed by atoms with Crippen LogP contribution in [0.5, 0.6) is 5.75 Å². The van der Waals surface area contributed by atoms with Crippen molar-refractivity contribution in [2.75, 3.05) is 6.61 Å². The fourth-order valence-electron chi connectivity index (χ4n) is 5.40. The van der Waals surface area contributed by atoms with E-state index in [4.69, 9.17) is 4.74 Å². The highest BCUT2D eigenvalue weighted by Gasteiger charge is 2.31. The Hall–Kier alpha value is -3.56. The molecule has 39 heavy (non-hydrogen) atoms. The van der Waals surface area contributed by atoms with Gasteiger partial charge in [0.15, 0.2) is 0 Å². The number of alkyl halides is 2. The predicted octanol–water partition coefficient (Wildman–Crippen LogP) is 5.47. The minimum Gasteiger partial charge on any atom is -0.493 e. The summed E-state index contributed by atoms with van der Waals surface area (Å²) in [7, 11) is 0. The van der Waals surface area contributed by atoms with Crippen LogP contribution in [0.3, 0.4) is 0 Å². The molecule has 10 heteroatoms. The lowest BCUT2D eigenvalue weighted by Gasteiger charge is -2.35. The van der Waals surface area contributed by atoms with Crippen LogP contribution in [0.2, 0.25) is 0 Å². The number of fused-ring (bicyclic) bond motifs is 1. The summed E-state index contributed by atoms with van der Waals surface area (Å²) < 4.78 is 33.2. The van der Waals surface area contributed by atoms with Crippen molar-refractivity contribution >= 4 is 22.8 Å². The number of hydrogen-bond donors (Lipinski definition) is 3. The van der Waals surface area contributed by atoms with Gasteiger partial charge in [-0.15, -0.1) is 0 Å². The maximum absolute atomic E-state index is 13.6. The third-order valence-electron chi connectivity index (χ3n) is 7.85. The molecule has 0 spiro atoms. The Kier molecular flexibility index (Phi) is 7.81. The van der Waals surface area contributed by atoms with Gasteiger partial charge in [0.1, 0.15) is 23.3 Å². The number of carbonyl (C=O) groups excluding carboxylic acids is 2. The lowest BCUT2D eigenvalue weighted by Crippen LogP contribution is -2.48. The van der Waals surface area contributed by atoms with Gasteiger partial charge >= 0.3 is 0 Å². The summed E-state index contributed by atoms with van der Waals surface area (Å²) in [6, 6.07) is 4.42. The summed E-state index contributed by atoms with van der Waals surface area (Å²) >= 11 is 0. The number of hydrogen-bond acceptors (Lipinski definition) is 5. The molecule has 0 radical (unpaired) electrons. The number of aromatic amines is 1. The van der Waals surface area contributed by atoms with Gasteiger partial charge in [0.05, 0.1) is 17.7 Å². The molecule has 2 aromatic heterocycles. The molecule has 0 unspecified atom stereocenters. The van der Waals surface area contributed by atoms with Gasteiger partial charge in [-0.2, -0.15) is 0 Å².